The van der Waals surface area contributed by atoms with E-state index in [9.17, 15) is 0 Å². The fraction of sp³-hybridized carbons (Fsp3) is 0.188. The summed E-state index contributed by atoms with van der Waals surface area (Å²) in [6, 6.07) is 41.5. The zero-order valence-corrected chi connectivity index (χ0v) is 22.9. The molecule has 4 aromatic rings. The molecule has 0 aliphatic heterocycles. The van der Waals surface area contributed by atoms with Crippen LogP contribution in [0, 0.1) is 0 Å². The predicted octanol–water partition coefficient (Wildman–Crippen LogP) is 8.15. The number of para-hydroxylation sites is 1. The van der Waals surface area contributed by atoms with Crippen LogP contribution >= 0.6 is 15.8 Å². The van der Waals surface area contributed by atoms with Gasteiger partial charge in [0.2, 0.25) is 0 Å². The van der Waals surface area contributed by atoms with E-state index < -0.39 is 7.92 Å². The van der Waals surface area contributed by atoms with E-state index in [2.05, 4.69) is 154 Å². The monoisotopic (exact) mass is 495 g/mol. The molecule has 1 nitrogen and oxygen atoms in total. The standard InChI is InChI=1S/C32H35NP2/c1-25(2)34(26(3)4)24-31(27-16-8-5-9-17-27)33-30-22-14-15-23-32(30)35(28-18-10-6-11-19-28)29-20-12-7-13-21-29/h5-26,33H,1-4H3/b31-24-. The maximum absolute atomic E-state index is 3.92. The second-order valence-corrected chi connectivity index (χ2v) is 14.6. The lowest BCUT2D eigenvalue weighted by atomic mass is 10.1. The topological polar surface area (TPSA) is 12.0 Å². The van der Waals surface area contributed by atoms with Crippen LogP contribution in [0.2, 0.25) is 0 Å². The van der Waals surface area contributed by atoms with E-state index >= 15 is 0 Å². The molecule has 0 heterocycles. The first-order valence-corrected chi connectivity index (χ1v) is 15.2. The summed E-state index contributed by atoms with van der Waals surface area (Å²) in [5.41, 5.74) is 4.89. The number of nitrogens with one attached hydrogen (secondary N) is 1. The zero-order valence-electron chi connectivity index (χ0n) is 21.1. The predicted molar refractivity (Wildman–Crippen MR) is 160 cm³/mol. The number of hydrogen-bond acceptors (Lipinski definition) is 1. The fourth-order valence-corrected chi connectivity index (χ4v) is 9.04. The first kappa shape index (κ1) is 25.4. The van der Waals surface area contributed by atoms with Gasteiger partial charge in [-0.05, 0) is 47.3 Å². The molecule has 0 fully saturated rings. The van der Waals surface area contributed by atoms with Crippen LogP contribution in [0.5, 0.6) is 0 Å². The molecule has 0 amide bonds. The van der Waals surface area contributed by atoms with Crippen molar-refractivity contribution in [1.82, 2.24) is 0 Å². The maximum Gasteiger partial charge on any atom is 0.0469 e. The van der Waals surface area contributed by atoms with Crippen LogP contribution in [0.4, 0.5) is 5.69 Å². The molecule has 4 rings (SSSR count). The Morgan fingerprint density at radius 2 is 1.06 bits per heavy atom. The molecule has 0 aliphatic carbocycles. The van der Waals surface area contributed by atoms with Crippen molar-refractivity contribution in [1.29, 1.82) is 0 Å². The molecule has 3 heteroatoms. The highest BCUT2D eigenvalue weighted by atomic mass is 31.1. The number of anilines is 1. The summed E-state index contributed by atoms with van der Waals surface area (Å²) < 4.78 is 0. The van der Waals surface area contributed by atoms with Gasteiger partial charge in [-0.2, -0.15) is 0 Å². The third-order valence-corrected chi connectivity index (χ3v) is 11.4. The van der Waals surface area contributed by atoms with Gasteiger partial charge in [0.25, 0.3) is 0 Å². The van der Waals surface area contributed by atoms with Crippen molar-refractivity contribution in [2.75, 3.05) is 5.32 Å². The number of hydrogen-bond donors (Lipinski definition) is 1. The van der Waals surface area contributed by atoms with Crippen LogP contribution in [-0.4, -0.2) is 11.3 Å². The molecule has 0 saturated carbocycles. The molecule has 0 unspecified atom stereocenters. The first-order chi connectivity index (χ1) is 17.0. The van der Waals surface area contributed by atoms with Crippen LogP contribution < -0.4 is 21.2 Å². The highest BCUT2D eigenvalue weighted by Gasteiger charge is 2.21. The Labute approximate surface area is 213 Å². The van der Waals surface area contributed by atoms with Gasteiger partial charge in [-0.1, -0.05) is 145 Å². The molecule has 0 aromatic heterocycles. The van der Waals surface area contributed by atoms with Crippen LogP contribution in [0.1, 0.15) is 33.3 Å². The summed E-state index contributed by atoms with van der Waals surface area (Å²) in [6.45, 7) is 9.40. The average Bonchev–Trinajstić information content (AvgIpc) is 2.89. The molecule has 0 aliphatic rings. The molecular formula is C32H35NP2. The first-order valence-electron chi connectivity index (χ1n) is 12.4. The van der Waals surface area contributed by atoms with Crippen molar-refractivity contribution in [3.8, 4) is 0 Å². The van der Waals surface area contributed by atoms with E-state index in [4.69, 9.17) is 0 Å². The van der Waals surface area contributed by atoms with Crippen molar-refractivity contribution in [2.45, 2.75) is 39.0 Å². The summed E-state index contributed by atoms with van der Waals surface area (Å²) in [5, 5.41) is 7.99. The van der Waals surface area contributed by atoms with Crippen molar-refractivity contribution < 1.29 is 0 Å². The Balaban J connectivity index is 1.83. The lowest BCUT2D eigenvalue weighted by Crippen LogP contribution is -2.23. The van der Waals surface area contributed by atoms with E-state index in [1.807, 2.05) is 0 Å². The van der Waals surface area contributed by atoms with Gasteiger partial charge in [-0.3, -0.25) is 0 Å². The van der Waals surface area contributed by atoms with E-state index in [1.54, 1.807) is 0 Å². The van der Waals surface area contributed by atoms with Crippen molar-refractivity contribution in [3.63, 3.8) is 0 Å². The van der Waals surface area contributed by atoms with Gasteiger partial charge in [-0.15, -0.1) is 0 Å². The fourth-order valence-electron chi connectivity index (χ4n) is 4.34. The van der Waals surface area contributed by atoms with Gasteiger partial charge in [0.05, 0.1) is 0 Å². The van der Waals surface area contributed by atoms with Gasteiger partial charge in [-0.25, -0.2) is 0 Å². The second kappa shape index (κ2) is 12.3. The van der Waals surface area contributed by atoms with E-state index in [-0.39, 0.29) is 7.92 Å². The molecule has 35 heavy (non-hydrogen) atoms. The van der Waals surface area contributed by atoms with Crippen LogP contribution in [0.15, 0.2) is 121 Å². The Morgan fingerprint density at radius 3 is 1.57 bits per heavy atom. The minimum atomic E-state index is -0.696. The quantitative estimate of drug-likeness (QED) is 0.231. The molecule has 0 atom stereocenters. The Kier molecular flexibility index (Phi) is 8.92. The second-order valence-electron chi connectivity index (χ2n) is 9.19. The molecule has 178 valence electrons. The molecule has 0 bridgehead atoms. The van der Waals surface area contributed by atoms with Crippen molar-refractivity contribution in [2.24, 2.45) is 0 Å². The van der Waals surface area contributed by atoms with Gasteiger partial charge < -0.3 is 5.32 Å². The lowest BCUT2D eigenvalue weighted by Gasteiger charge is -2.26. The molecule has 1 N–H and O–H groups in total. The normalized spacial score (nSPS) is 12.1. The third-order valence-electron chi connectivity index (χ3n) is 6.00. The summed E-state index contributed by atoms with van der Waals surface area (Å²) in [5.74, 6) is 2.52. The van der Waals surface area contributed by atoms with E-state index in [0.717, 1.165) is 0 Å². The molecule has 0 spiro atoms. The van der Waals surface area contributed by atoms with Crippen molar-refractivity contribution in [3.05, 3.63) is 127 Å². The van der Waals surface area contributed by atoms with Crippen LogP contribution in [0.25, 0.3) is 5.70 Å². The highest BCUT2D eigenvalue weighted by molar-refractivity contribution is 7.80. The summed E-state index contributed by atoms with van der Waals surface area (Å²) in [7, 11) is -0.966. The SMILES string of the molecule is CC(C)P(/C=C(\Nc1ccccc1P(c1ccccc1)c1ccccc1)c1ccccc1)C(C)C. The molecule has 0 radical (unpaired) electrons. The summed E-state index contributed by atoms with van der Waals surface area (Å²) >= 11 is 0. The Hall–Kier alpha value is -2.72. The third kappa shape index (κ3) is 6.49. The molecule has 0 saturated heterocycles. The molecule has 4 aromatic carbocycles. The minimum absolute atomic E-state index is 0.270. The Morgan fingerprint density at radius 1 is 0.600 bits per heavy atom. The largest absolute Gasteiger partial charge is 0.354 e. The van der Waals surface area contributed by atoms with Crippen molar-refractivity contribution >= 4 is 43.1 Å². The maximum atomic E-state index is 3.92. The van der Waals surface area contributed by atoms with E-state index in [0.29, 0.717) is 11.3 Å². The minimum Gasteiger partial charge on any atom is -0.354 e. The van der Waals surface area contributed by atoms with Gasteiger partial charge in [0.1, 0.15) is 0 Å². The number of benzene rings is 4. The van der Waals surface area contributed by atoms with Gasteiger partial charge in [0.15, 0.2) is 0 Å². The zero-order chi connectivity index (χ0) is 24.6. The van der Waals surface area contributed by atoms with Crippen LogP contribution in [-0.2, 0) is 0 Å². The summed E-state index contributed by atoms with van der Waals surface area (Å²) in [6.07, 6.45) is 0. The van der Waals surface area contributed by atoms with Crippen LogP contribution in [0.3, 0.4) is 0 Å². The highest BCUT2D eigenvalue weighted by Crippen LogP contribution is 2.49. The molecular weight excluding hydrogens is 460 g/mol. The van der Waals surface area contributed by atoms with E-state index in [1.165, 1.54) is 32.9 Å². The lowest BCUT2D eigenvalue weighted by molar-refractivity contribution is 1.02. The van der Waals surface area contributed by atoms with Gasteiger partial charge in [0, 0.05) is 16.7 Å². The smallest absolute Gasteiger partial charge is 0.0469 e. The number of rotatable bonds is 9. The van der Waals surface area contributed by atoms with Gasteiger partial charge >= 0.3 is 0 Å². The summed E-state index contributed by atoms with van der Waals surface area (Å²) in [4.78, 5) is 0. The Bertz CT molecular complexity index is 1170. The average molecular weight is 496 g/mol.